The smallest absolute Gasteiger partial charge is 0.294 e. The highest BCUT2D eigenvalue weighted by molar-refractivity contribution is 9.10. The Morgan fingerprint density at radius 1 is 1.20 bits per heavy atom. The van der Waals surface area contributed by atoms with Gasteiger partial charge in [0, 0.05) is 76.4 Å². The topological polar surface area (TPSA) is 153 Å². The molecule has 2 fully saturated rings. The van der Waals surface area contributed by atoms with Crippen LogP contribution < -0.4 is 10.6 Å². The van der Waals surface area contributed by atoms with Crippen molar-refractivity contribution in [1.82, 2.24) is 19.7 Å². The van der Waals surface area contributed by atoms with Gasteiger partial charge in [-0.25, -0.2) is 0 Å². The minimum atomic E-state index is -1.43. The fourth-order valence-electron chi connectivity index (χ4n) is 5.01. The highest BCUT2D eigenvalue weighted by Gasteiger charge is 2.45. The van der Waals surface area contributed by atoms with Gasteiger partial charge in [-0.3, -0.25) is 29.6 Å². The molecule has 2 amide bonds. The zero-order valence-electron chi connectivity index (χ0n) is 22.7. The van der Waals surface area contributed by atoms with Crippen molar-refractivity contribution < 1.29 is 24.4 Å². The number of nitro benzene ring substituents is 1. The third-order valence-electron chi connectivity index (χ3n) is 7.32. The van der Waals surface area contributed by atoms with Gasteiger partial charge >= 0.3 is 0 Å². The lowest BCUT2D eigenvalue weighted by molar-refractivity contribution is -0.384. The maximum absolute atomic E-state index is 13.7. The highest BCUT2D eigenvalue weighted by atomic mass is 79.9. The van der Waals surface area contributed by atoms with E-state index in [1.807, 2.05) is 0 Å². The summed E-state index contributed by atoms with van der Waals surface area (Å²) in [4.78, 5) is 47.9. The molecule has 4 rings (SSSR count). The van der Waals surface area contributed by atoms with Crippen molar-refractivity contribution in [3.63, 3.8) is 0 Å². The van der Waals surface area contributed by atoms with Crippen molar-refractivity contribution in [2.75, 3.05) is 77.2 Å². The lowest BCUT2D eigenvalue weighted by Gasteiger charge is -2.35. The first kappa shape index (κ1) is 29.6. The molecular formula is C26H34BrN7O6. The Bertz CT molecular complexity index is 1270. The Labute approximate surface area is 240 Å². The maximum Gasteiger partial charge on any atom is 0.294 e. The summed E-state index contributed by atoms with van der Waals surface area (Å²) < 4.78 is 5.53. The summed E-state index contributed by atoms with van der Waals surface area (Å²) >= 11 is 3.31. The van der Waals surface area contributed by atoms with Crippen LogP contribution in [-0.4, -0.2) is 120 Å². The number of aromatic nitrogens is 1. The van der Waals surface area contributed by atoms with Gasteiger partial charge in [-0.1, -0.05) is 15.9 Å². The lowest BCUT2D eigenvalue weighted by Crippen LogP contribution is -2.49. The van der Waals surface area contributed by atoms with Gasteiger partial charge in [0.2, 0.25) is 0 Å². The molecule has 216 valence electrons. The van der Waals surface area contributed by atoms with E-state index in [0.717, 1.165) is 6.54 Å². The number of β-amino-alcohol motifs (C(OH)–C–C–N with tert-alkyl or cyclic N) is 1. The van der Waals surface area contributed by atoms with Crippen LogP contribution in [0.25, 0.3) is 0 Å². The molecule has 0 saturated carbocycles. The van der Waals surface area contributed by atoms with Gasteiger partial charge in [-0.05, 0) is 19.1 Å². The molecule has 0 bridgehead atoms. The second-order valence-corrected chi connectivity index (χ2v) is 11.1. The Balaban J connectivity index is 1.59. The van der Waals surface area contributed by atoms with Crippen molar-refractivity contribution in [2.24, 2.45) is 0 Å². The number of nitrogens with one attached hydrogen (secondary N) is 2. The van der Waals surface area contributed by atoms with E-state index in [2.05, 4.69) is 36.4 Å². The van der Waals surface area contributed by atoms with Gasteiger partial charge in [0.05, 0.1) is 40.9 Å². The van der Waals surface area contributed by atoms with Crippen LogP contribution in [0.15, 0.2) is 35.1 Å². The number of pyridine rings is 1. The molecule has 0 spiro atoms. The van der Waals surface area contributed by atoms with E-state index in [1.165, 1.54) is 17.2 Å². The molecule has 0 aliphatic carbocycles. The third kappa shape index (κ3) is 6.52. The van der Waals surface area contributed by atoms with Crippen LogP contribution >= 0.6 is 15.9 Å². The van der Waals surface area contributed by atoms with Gasteiger partial charge < -0.3 is 30.3 Å². The maximum atomic E-state index is 13.7. The summed E-state index contributed by atoms with van der Waals surface area (Å²) in [5, 5.41) is 29.4. The fraction of sp³-hybridized carbons (Fsp3) is 0.500. The molecular weight excluding hydrogens is 586 g/mol. The number of ether oxygens (including phenoxy) is 1. The molecule has 3 N–H and O–H groups in total. The number of benzene rings is 1. The first-order valence-electron chi connectivity index (χ1n) is 12.9. The molecule has 3 heterocycles. The molecule has 1 aromatic heterocycles. The van der Waals surface area contributed by atoms with Crippen molar-refractivity contribution in [1.29, 1.82) is 0 Å². The number of hydrogen-bond donors (Lipinski definition) is 3. The Morgan fingerprint density at radius 3 is 2.58 bits per heavy atom. The largest absolute Gasteiger partial charge is 0.387 e. The monoisotopic (exact) mass is 619 g/mol. The molecule has 2 saturated heterocycles. The second-order valence-electron chi connectivity index (χ2n) is 10.2. The summed E-state index contributed by atoms with van der Waals surface area (Å²) in [6.45, 7) is 5.21. The number of carbonyl (C=O) groups is 2. The fourth-order valence-corrected chi connectivity index (χ4v) is 5.45. The van der Waals surface area contributed by atoms with E-state index in [-0.39, 0.29) is 41.8 Å². The quantitative estimate of drug-likeness (QED) is 0.280. The Hall–Kier alpha value is -3.33. The van der Waals surface area contributed by atoms with Crippen molar-refractivity contribution in [3.05, 3.63) is 56.3 Å². The van der Waals surface area contributed by atoms with E-state index < -0.39 is 16.6 Å². The molecule has 1 aromatic carbocycles. The average molecular weight is 621 g/mol. The first-order valence-corrected chi connectivity index (χ1v) is 13.7. The number of rotatable bonds is 9. The zero-order valence-corrected chi connectivity index (χ0v) is 24.3. The van der Waals surface area contributed by atoms with Gasteiger partial charge in [-0.2, -0.15) is 0 Å². The number of anilines is 2. The van der Waals surface area contributed by atoms with Crippen LogP contribution in [0.1, 0.15) is 27.6 Å². The van der Waals surface area contributed by atoms with E-state index in [4.69, 9.17) is 4.74 Å². The van der Waals surface area contributed by atoms with Gasteiger partial charge in [0.15, 0.2) is 0 Å². The Kier molecular flexibility index (Phi) is 9.23. The second kappa shape index (κ2) is 12.5. The molecule has 40 heavy (non-hydrogen) atoms. The lowest BCUT2D eigenvalue weighted by atomic mass is 9.99. The summed E-state index contributed by atoms with van der Waals surface area (Å²) in [5.41, 5.74) is -0.588. The van der Waals surface area contributed by atoms with Crippen LogP contribution in [0.3, 0.4) is 0 Å². The average Bonchev–Trinajstić information content (AvgIpc) is 3.25. The van der Waals surface area contributed by atoms with Gasteiger partial charge in [0.25, 0.3) is 17.5 Å². The number of hydrogen-bond acceptors (Lipinski definition) is 10. The number of nitrogens with zero attached hydrogens (tertiary/aromatic N) is 5. The number of nitro groups is 1. The molecule has 14 heteroatoms. The van der Waals surface area contributed by atoms with Crippen LogP contribution in [-0.2, 0) is 4.74 Å². The first-order chi connectivity index (χ1) is 19.0. The summed E-state index contributed by atoms with van der Waals surface area (Å²) in [6, 6.07) is 3.75. The predicted octanol–water partition coefficient (Wildman–Crippen LogP) is 1.89. The number of amides is 2. The molecule has 13 nitrogen and oxygen atoms in total. The minimum Gasteiger partial charge on any atom is -0.387 e. The number of carbonyl (C=O) groups excluding carboxylic acids is 2. The van der Waals surface area contributed by atoms with Crippen molar-refractivity contribution >= 4 is 44.8 Å². The van der Waals surface area contributed by atoms with E-state index in [9.17, 15) is 24.8 Å². The third-order valence-corrected chi connectivity index (χ3v) is 7.78. The van der Waals surface area contributed by atoms with Crippen LogP contribution in [0.5, 0.6) is 0 Å². The zero-order chi connectivity index (χ0) is 29.0. The molecule has 2 atom stereocenters. The molecule has 2 aliphatic rings. The summed E-state index contributed by atoms with van der Waals surface area (Å²) in [6.07, 6.45) is 3.04. The van der Waals surface area contributed by atoms with E-state index in [1.54, 1.807) is 44.3 Å². The number of likely N-dealkylation sites (tertiary alicyclic amines) is 1. The number of methoxy groups -OCH3 is 1. The number of halogens is 1. The van der Waals surface area contributed by atoms with Crippen molar-refractivity contribution in [2.45, 2.75) is 18.6 Å². The van der Waals surface area contributed by atoms with Crippen LogP contribution in [0.2, 0.25) is 0 Å². The van der Waals surface area contributed by atoms with Crippen molar-refractivity contribution in [3.8, 4) is 0 Å². The summed E-state index contributed by atoms with van der Waals surface area (Å²) in [5.74, 6) is -0.680. The molecule has 2 aromatic rings. The van der Waals surface area contributed by atoms with Crippen LogP contribution in [0, 0.1) is 10.1 Å². The van der Waals surface area contributed by atoms with E-state index >= 15 is 0 Å². The predicted molar refractivity (Wildman–Crippen MR) is 153 cm³/mol. The number of aliphatic hydroxyl groups is 1. The molecule has 2 aliphatic heterocycles. The van der Waals surface area contributed by atoms with E-state index in [0.29, 0.717) is 48.5 Å². The normalized spacial score (nSPS) is 21.4. The van der Waals surface area contributed by atoms with Gasteiger partial charge in [0.1, 0.15) is 11.3 Å². The SMILES string of the molecule is CNc1cncc(C(=O)N2C[C@H](Nc3c(C(=O)N4CCN(CCOC)CC4)cc(Br)cc3[N+](=O)[O-])C(C)(O)C2)c1. The van der Waals surface area contributed by atoms with Gasteiger partial charge in [-0.15, -0.1) is 0 Å². The van der Waals surface area contributed by atoms with Crippen LogP contribution in [0.4, 0.5) is 17.1 Å². The Morgan fingerprint density at radius 2 is 1.93 bits per heavy atom. The summed E-state index contributed by atoms with van der Waals surface area (Å²) in [7, 11) is 3.36. The molecule has 0 radical (unpaired) electrons. The standard InChI is InChI=1S/C26H34BrN7O6/c1-26(37)16-33(24(35)17-10-19(28-2)14-29-13-17)15-22(26)30-23-20(11-18(27)12-21(23)34(38)39)25(36)32-6-4-31(5-7-32)8-9-40-3/h10-14,22,28,30,37H,4-9,15-16H2,1-3H3/t22-,26?/m0/s1. The number of piperazine rings is 1. The minimum absolute atomic E-state index is 0.00960. The molecule has 1 unspecified atom stereocenters. The highest BCUT2D eigenvalue weighted by Crippen LogP contribution is 2.36.